The Morgan fingerprint density at radius 3 is 2.78 bits per heavy atom. The summed E-state index contributed by atoms with van der Waals surface area (Å²) in [6.45, 7) is 1.80. The number of hydrogen-bond acceptors (Lipinski definition) is 5. The van der Waals surface area contributed by atoms with E-state index in [1.807, 2.05) is 0 Å². The lowest BCUT2D eigenvalue weighted by molar-refractivity contribution is 0.0680. The molecule has 0 atom stereocenters. The van der Waals surface area contributed by atoms with Crippen LogP contribution in [0.15, 0.2) is 16.7 Å². The van der Waals surface area contributed by atoms with Crippen molar-refractivity contribution in [1.82, 2.24) is 14.6 Å². The van der Waals surface area contributed by atoms with E-state index in [1.165, 1.54) is 17.7 Å². The Kier molecular flexibility index (Phi) is 5.49. The molecule has 1 aliphatic heterocycles. The number of carbonyl (C=O) groups is 1. The van der Waals surface area contributed by atoms with Crippen LogP contribution < -0.4 is 10.2 Å². The lowest BCUT2D eigenvalue weighted by atomic mass is 10.00. The number of halogens is 1. The first-order valence-electron chi connectivity index (χ1n) is 9.51. The first-order valence-corrected chi connectivity index (χ1v) is 10.3. The minimum atomic E-state index is -0.979. The Morgan fingerprint density at radius 1 is 1.33 bits per heavy atom. The number of nitrogens with zero attached hydrogens (tertiary/aromatic N) is 4. The molecule has 0 radical (unpaired) electrons. The number of nitrogens with one attached hydrogen (secondary N) is 1. The second-order valence-corrected chi connectivity index (χ2v) is 8.16. The van der Waals surface area contributed by atoms with E-state index >= 15 is 0 Å². The smallest absolute Gasteiger partial charge is 0.413 e. The number of amides is 1. The lowest BCUT2D eigenvalue weighted by Crippen LogP contribution is -2.37. The van der Waals surface area contributed by atoms with E-state index in [9.17, 15) is 9.90 Å². The van der Waals surface area contributed by atoms with Gasteiger partial charge in [-0.1, -0.05) is 12.8 Å². The third-order valence-corrected chi connectivity index (χ3v) is 5.97. The van der Waals surface area contributed by atoms with E-state index in [2.05, 4.69) is 31.3 Å². The molecule has 3 heterocycles. The molecule has 1 amide bonds. The van der Waals surface area contributed by atoms with Gasteiger partial charge >= 0.3 is 6.09 Å². The van der Waals surface area contributed by atoms with E-state index in [4.69, 9.17) is 4.74 Å². The van der Waals surface area contributed by atoms with Gasteiger partial charge in [0.25, 0.3) is 0 Å². The van der Waals surface area contributed by atoms with Crippen LogP contribution in [0.1, 0.15) is 38.5 Å². The first-order chi connectivity index (χ1) is 13.1. The predicted octanol–water partition coefficient (Wildman–Crippen LogP) is 3.76. The Balaban J connectivity index is 1.68. The molecule has 1 saturated heterocycles. The van der Waals surface area contributed by atoms with Gasteiger partial charge in [0.1, 0.15) is 11.6 Å². The highest BCUT2D eigenvalue weighted by Gasteiger charge is 2.26. The second-order valence-electron chi connectivity index (χ2n) is 7.30. The maximum atomic E-state index is 12.1. The van der Waals surface area contributed by atoms with Crippen molar-refractivity contribution in [3.8, 4) is 0 Å². The molecule has 4 rings (SSSR count). The molecule has 2 aromatic heterocycles. The number of hydrogen-bond donors (Lipinski definition) is 2. The minimum Gasteiger partial charge on any atom is -0.465 e. The zero-order chi connectivity index (χ0) is 18.8. The monoisotopic (exact) mass is 437 g/mol. The molecular weight excluding hydrogens is 414 g/mol. The van der Waals surface area contributed by atoms with Gasteiger partial charge in [-0.15, -0.1) is 0 Å². The molecule has 0 aromatic carbocycles. The molecule has 9 heteroatoms. The van der Waals surface area contributed by atoms with Crippen molar-refractivity contribution < 1.29 is 14.6 Å². The molecule has 0 spiro atoms. The average molecular weight is 438 g/mol. The maximum Gasteiger partial charge on any atom is 0.413 e. The second kappa shape index (κ2) is 8.02. The van der Waals surface area contributed by atoms with Gasteiger partial charge in [0.15, 0.2) is 5.65 Å². The normalized spacial score (nSPS) is 18.9. The fraction of sp³-hybridized carbons (Fsp3) is 0.611. The van der Waals surface area contributed by atoms with Crippen molar-refractivity contribution in [1.29, 1.82) is 0 Å². The zero-order valence-corrected chi connectivity index (χ0v) is 16.7. The fourth-order valence-corrected chi connectivity index (χ4v) is 4.27. The number of fused-ring (bicyclic) bond motifs is 1. The highest BCUT2D eigenvalue weighted by atomic mass is 79.9. The summed E-state index contributed by atoms with van der Waals surface area (Å²) in [6, 6.07) is 2.20. The standard InChI is InChI=1S/C18H24BrN5O3/c19-14-10-20-24-16(23(18(25)26)11-12-5-7-27-8-6-12)9-15(22-17(14)24)21-13-3-1-2-4-13/h9-10,12-13H,1-8,11H2,(H,21,22)(H,25,26). The fourth-order valence-electron chi connectivity index (χ4n) is 3.92. The van der Waals surface area contributed by atoms with Gasteiger partial charge < -0.3 is 15.2 Å². The summed E-state index contributed by atoms with van der Waals surface area (Å²) in [4.78, 5) is 18.1. The van der Waals surface area contributed by atoms with Gasteiger partial charge in [0, 0.05) is 31.9 Å². The topological polar surface area (TPSA) is 92.0 Å². The zero-order valence-electron chi connectivity index (χ0n) is 15.1. The van der Waals surface area contributed by atoms with Crippen molar-refractivity contribution in [3.63, 3.8) is 0 Å². The largest absolute Gasteiger partial charge is 0.465 e. The molecule has 2 N–H and O–H groups in total. The van der Waals surface area contributed by atoms with Crippen LogP contribution in [0.4, 0.5) is 16.4 Å². The molecule has 2 aromatic rings. The summed E-state index contributed by atoms with van der Waals surface area (Å²) < 4.78 is 7.74. The molecular formula is C18H24BrN5O3. The molecule has 2 fully saturated rings. The molecule has 146 valence electrons. The van der Waals surface area contributed by atoms with Gasteiger partial charge in [0.05, 0.1) is 10.7 Å². The van der Waals surface area contributed by atoms with Gasteiger partial charge in [-0.25, -0.2) is 9.78 Å². The van der Waals surface area contributed by atoms with Crippen molar-refractivity contribution in [2.75, 3.05) is 30.0 Å². The lowest BCUT2D eigenvalue weighted by Gasteiger charge is -2.28. The van der Waals surface area contributed by atoms with E-state index in [-0.39, 0.29) is 5.92 Å². The number of carboxylic acid groups (broad SMARTS) is 1. The highest BCUT2D eigenvalue weighted by molar-refractivity contribution is 9.10. The Morgan fingerprint density at radius 2 is 2.07 bits per heavy atom. The van der Waals surface area contributed by atoms with Crippen LogP contribution in [0.3, 0.4) is 0 Å². The van der Waals surface area contributed by atoms with Crippen LogP contribution in [0.5, 0.6) is 0 Å². The molecule has 2 aliphatic rings. The average Bonchev–Trinajstić information content (AvgIpc) is 3.30. The summed E-state index contributed by atoms with van der Waals surface area (Å²) in [7, 11) is 0. The molecule has 1 saturated carbocycles. The van der Waals surface area contributed by atoms with E-state index in [0.717, 1.165) is 30.2 Å². The Bertz CT molecular complexity index is 815. The Labute approximate surface area is 166 Å². The van der Waals surface area contributed by atoms with Crippen LogP contribution in [-0.2, 0) is 4.74 Å². The predicted molar refractivity (Wildman–Crippen MR) is 105 cm³/mol. The van der Waals surface area contributed by atoms with E-state index < -0.39 is 6.09 Å². The summed E-state index contributed by atoms with van der Waals surface area (Å²) in [5, 5.41) is 17.7. The van der Waals surface area contributed by atoms with Crippen molar-refractivity contribution in [2.45, 2.75) is 44.6 Å². The molecule has 0 bridgehead atoms. The quantitative estimate of drug-likeness (QED) is 0.739. The summed E-state index contributed by atoms with van der Waals surface area (Å²) in [5.74, 6) is 1.50. The third-order valence-electron chi connectivity index (χ3n) is 5.41. The van der Waals surface area contributed by atoms with Crippen molar-refractivity contribution >= 4 is 39.3 Å². The van der Waals surface area contributed by atoms with E-state index in [0.29, 0.717) is 43.1 Å². The minimum absolute atomic E-state index is 0.281. The maximum absolute atomic E-state index is 12.1. The third kappa shape index (κ3) is 4.03. The van der Waals surface area contributed by atoms with Crippen LogP contribution >= 0.6 is 15.9 Å². The number of aromatic nitrogens is 3. The van der Waals surface area contributed by atoms with Crippen LogP contribution in [0.2, 0.25) is 0 Å². The van der Waals surface area contributed by atoms with E-state index in [1.54, 1.807) is 16.8 Å². The van der Waals surface area contributed by atoms with Crippen molar-refractivity contribution in [2.24, 2.45) is 5.92 Å². The van der Waals surface area contributed by atoms with Crippen molar-refractivity contribution in [3.05, 3.63) is 16.7 Å². The SMILES string of the molecule is O=C(O)N(CC1CCOCC1)c1cc(NC2CCCC2)nc2c(Br)cnn12. The number of anilines is 2. The van der Waals surface area contributed by atoms with Gasteiger partial charge in [-0.05, 0) is 47.5 Å². The van der Waals surface area contributed by atoms with Gasteiger partial charge in [0.2, 0.25) is 0 Å². The molecule has 8 nitrogen and oxygen atoms in total. The van der Waals surface area contributed by atoms with Crippen LogP contribution in [-0.4, -0.2) is 51.6 Å². The number of rotatable bonds is 5. The summed E-state index contributed by atoms with van der Waals surface area (Å²) in [6.07, 6.45) is 7.08. The molecule has 1 aliphatic carbocycles. The highest BCUT2D eigenvalue weighted by Crippen LogP contribution is 2.29. The number of ether oxygens (including phenoxy) is 1. The van der Waals surface area contributed by atoms with Crippen LogP contribution in [0, 0.1) is 5.92 Å². The van der Waals surface area contributed by atoms with Gasteiger partial charge in [-0.3, -0.25) is 4.90 Å². The molecule has 27 heavy (non-hydrogen) atoms. The summed E-state index contributed by atoms with van der Waals surface area (Å²) >= 11 is 3.48. The Hall–Kier alpha value is -1.87. The molecule has 0 unspecified atom stereocenters. The van der Waals surface area contributed by atoms with Gasteiger partial charge in [-0.2, -0.15) is 9.61 Å². The summed E-state index contributed by atoms with van der Waals surface area (Å²) in [5.41, 5.74) is 0.617. The van der Waals surface area contributed by atoms with Crippen LogP contribution in [0.25, 0.3) is 5.65 Å². The first kappa shape index (κ1) is 18.5.